The molecule has 120 valence electrons. The van der Waals surface area contributed by atoms with Gasteiger partial charge in [0.2, 0.25) is 5.88 Å². The fourth-order valence-corrected chi connectivity index (χ4v) is 2.54. The molecule has 0 aromatic carbocycles. The summed E-state index contributed by atoms with van der Waals surface area (Å²) < 4.78 is 5.06. The Hall–Kier alpha value is -2.31. The Morgan fingerprint density at radius 3 is 2.68 bits per heavy atom. The van der Waals surface area contributed by atoms with Crippen molar-refractivity contribution in [2.45, 2.75) is 19.8 Å². The van der Waals surface area contributed by atoms with Crippen LogP contribution in [0, 0.1) is 12.8 Å². The molecule has 0 spiro atoms. The van der Waals surface area contributed by atoms with Gasteiger partial charge in [-0.3, -0.25) is 4.79 Å². The van der Waals surface area contributed by atoms with Crippen LogP contribution in [-0.4, -0.2) is 53.7 Å². The van der Waals surface area contributed by atoms with Crippen molar-refractivity contribution in [2.24, 2.45) is 5.92 Å². The maximum absolute atomic E-state index is 12.2. The van der Waals surface area contributed by atoms with Gasteiger partial charge in [-0.15, -0.1) is 0 Å². The van der Waals surface area contributed by atoms with E-state index in [0.717, 1.165) is 18.5 Å². The molecule has 1 aromatic heterocycles. The zero-order valence-corrected chi connectivity index (χ0v) is 12.8. The number of pyridine rings is 1. The summed E-state index contributed by atoms with van der Waals surface area (Å²) in [6, 6.07) is 3.32. The molecule has 1 fully saturated rings. The smallest absolute Gasteiger partial charge is 0.407 e. The van der Waals surface area contributed by atoms with Gasteiger partial charge in [-0.25, -0.2) is 9.78 Å². The minimum absolute atomic E-state index is 0.163. The van der Waals surface area contributed by atoms with E-state index in [9.17, 15) is 9.59 Å². The average molecular weight is 307 g/mol. The van der Waals surface area contributed by atoms with Gasteiger partial charge in [0, 0.05) is 37.0 Å². The summed E-state index contributed by atoms with van der Waals surface area (Å²) >= 11 is 0. The SMILES string of the molecule is COc1cc(C(=O)NCC2CCN(C(=O)O)CC2)cc(C)n1. The van der Waals surface area contributed by atoms with E-state index < -0.39 is 6.09 Å². The van der Waals surface area contributed by atoms with E-state index in [0.29, 0.717) is 37.0 Å². The molecule has 1 aliphatic rings. The van der Waals surface area contributed by atoms with E-state index in [2.05, 4.69) is 10.3 Å². The predicted molar refractivity (Wildman–Crippen MR) is 80.2 cm³/mol. The quantitative estimate of drug-likeness (QED) is 0.880. The van der Waals surface area contributed by atoms with Crippen molar-refractivity contribution in [3.63, 3.8) is 0 Å². The first-order valence-electron chi connectivity index (χ1n) is 7.28. The molecule has 2 amide bonds. The molecule has 1 aromatic rings. The van der Waals surface area contributed by atoms with Crippen molar-refractivity contribution in [1.29, 1.82) is 0 Å². The highest BCUT2D eigenvalue weighted by Gasteiger charge is 2.22. The lowest BCUT2D eigenvalue weighted by molar-refractivity contribution is 0.0928. The Bertz CT molecular complexity index is 554. The molecule has 7 heteroatoms. The van der Waals surface area contributed by atoms with Gasteiger partial charge in [0.05, 0.1) is 7.11 Å². The molecule has 0 radical (unpaired) electrons. The summed E-state index contributed by atoms with van der Waals surface area (Å²) in [4.78, 5) is 28.6. The molecular formula is C15H21N3O4. The number of aryl methyl sites for hydroxylation is 1. The van der Waals surface area contributed by atoms with Crippen LogP contribution in [0.2, 0.25) is 0 Å². The number of aromatic nitrogens is 1. The number of methoxy groups -OCH3 is 1. The molecule has 22 heavy (non-hydrogen) atoms. The molecular weight excluding hydrogens is 286 g/mol. The minimum atomic E-state index is -0.873. The second-order valence-corrected chi connectivity index (χ2v) is 5.46. The largest absolute Gasteiger partial charge is 0.481 e. The number of rotatable bonds is 4. The third-order valence-electron chi connectivity index (χ3n) is 3.84. The van der Waals surface area contributed by atoms with Crippen molar-refractivity contribution in [2.75, 3.05) is 26.7 Å². The Balaban J connectivity index is 1.86. The summed E-state index contributed by atoms with van der Waals surface area (Å²) in [6.45, 7) is 3.41. The maximum Gasteiger partial charge on any atom is 0.407 e. The molecule has 0 bridgehead atoms. The summed E-state index contributed by atoms with van der Waals surface area (Å²) in [5, 5.41) is 11.8. The first kappa shape index (κ1) is 16.1. The average Bonchev–Trinajstić information content (AvgIpc) is 2.52. The van der Waals surface area contributed by atoms with Gasteiger partial charge in [0.25, 0.3) is 5.91 Å². The Kier molecular flexibility index (Phi) is 5.19. The van der Waals surface area contributed by atoms with E-state index in [1.54, 1.807) is 19.1 Å². The van der Waals surface area contributed by atoms with Crippen molar-refractivity contribution in [3.8, 4) is 5.88 Å². The zero-order chi connectivity index (χ0) is 16.1. The van der Waals surface area contributed by atoms with Crippen molar-refractivity contribution in [1.82, 2.24) is 15.2 Å². The second-order valence-electron chi connectivity index (χ2n) is 5.46. The first-order valence-corrected chi connectivity index (χ1v) is 7.28. The van der Waals surface area contributed by atoms with Gasteiger partial charge in [-0.05, 0) is 31.7 Å². The van der Waals surface area contributed by atoms with E-state index >= 15 is 0 Å². The number of likely N-dealkylation sites (tertiary alicyclic amines) is 1. The Morgan fingerprint density at radius 2 is 2.09 bits per heavy atom. The maximum atomic E-state index is 12.2. The van der Waals surface area contributed by atoms with Gasteiger partial charge in [-0.1, -0.05) is 0 Å². The van der Waals surface area contributed by atoms with Crippen LogP contribution in [0.3, 0.4) is 0 Å². The third kappa shape index (κ3) is 4.09. The summed E-state index contributed by atoms with van der Waals surface area (Å²) in [5.74, 6) is 0.564. The van der Waals surface area contributed by atoms with Crippen molar-refractivity contribution in [3.05, 3.63) is 23.4 Å². The van der Waals surface area contributed by atoms with Gasteiger partial charge < -0.3 is 20.1 Å². The van der Waals surface area contributed by atoms with E-state index in [-0.39, 0.29) is 5.91 Å². The van der Waals surface area contributed by atoms with Crippen molar-refractivity contribution >= 4 is 12.0 Å². The second kappa shape index (κ2) is 7.11. The molecule has 0 aliphatic carbocycles. The van der Waals surface area contributed by atoms with Crippen LogP contribution in [0.1, 0.15) is 28.9 Å². The molecule has 2 rings (SSSR count). The number of hydrogen-bond donors (Lipinski definition) is 2. The number of carboxylic acid groups (broad SMARTS) is 1. The van der Waals surface area contributed by atoms with Gasteiger partial charge >= 0.3 is 6.09 Å². The van der Waals surface area contributed by atoms with E-state index in [4.69, 9.17) is 9.84 Å². The predicted octanol–water partition coefficient (Wildman–Crippen LogP) is 1.52. The molecule has 0 unspecified atom stereocenters. The highest BCUT2D eigenvalue weighted by molar-refractivity contribution is 5.94. The number of hydrogen-bond acceptors (Lipinski definition) is 4. The number of ether oxygens (including phenoxy) is 1. The number of carbonyl (C=O) groups excluding carboxylic acids is 1. The lowest BCUT2D eigenvalue weighted by Gasteiger charge is -2.29. The van der Waals surface area contributed by atoms with Gasteiger partial charge in [0.1, 0.15) is 0 Å². The van der Waals surface area contributed by atoms with Gasteiger partial charge in [-0.2, -0.15) is 0 Å². The lowest BCUT2D eigenvalue weighted by Crippen LogP contribution is -2.40. The third-order valence-corrected chi connectivity index (χ3v) is 3.84. The van der Waals surface area contributed by atoms with Crippen LogP contribution in [0.5, 0.6) is 5.88 Å². The van der Waals surface area contributed by atoms with Crippen LogP contribution in [0.4, 0.5) is 4.79 Å². The molecule has 2 heterocycles. The fourth-order valence-electron chi connectivity index (χ4n) is 2.54. The molecule has 7 nitrogen and oxygen atoms in total. The lowest BCUT2D eigenvalue weighted by atomic mass is 9.97. The van der Waals surface area contributed by atoms with Crippen LogP contribution in [0.15, 0.2) is 12.1 Å². The molecule has 2 N–H and O–H groups in total. The molecule has 1 aliphatic heterocycles. The highest BCUT2D eigenvalue weighted by atomic mass is 16.5. The Labute approximate surface area is 129 Å². The number of amides is 2. The van der Waals surface area contributed by atoms with Crippen LogP contribution < -0.4 is 10.1 Å². The number of nitrogens with zero attached hydrogens (tertiary/aromatic N) is 2. The fraction of sp³-hybridized carbons (Fsp3) is 0.533. The summed E-state index contributed by atoms with van der Waals surface area (Å²) in [6.07, 6.45) is 0.665. The summed E-state index contributed by atoms with van der Waals surface area (Å²) in [7, 11) is 1.51. The summed E-state index contributed by atoms with van der Waals surface area (Å²) in [5.41, 5.74) is 1.24. The molecule has 1 saturated heterocycles. The number of nitrogens with one attached hydrogen (secondary N) is 1. The molecule has 0 atom stereocenters. The minimum Gasteiger partial charge on any atom is -0.481 e. The monoisotopic (exact) mass is 307 g/mol. The topological polar surface area (TPSA) is 91.8 Å². The van der Waals surface area contributed by atoms with Crippen LogP contribution in [-0.2, 0) is 0 Å². The van der Waals surface area contributed by atoms with E-state index in [1.165, 1.54) is 12.0 Å². The zero-order valence-electron chi connectivity index (χ0n) is 12.8. The first-order chi connectivity index (χ1) is 10.5. The van der Waals surface area contributed by atoms with Crippen molar-refractivity contribution < 1.29 is 19.4 Å². The number of piperidine rings is 1. The molecule has 0 saturated carbocycles. The standard InChI is InChI=1S/C15H21N3O4/c1-10-7-12(8-13(17-10)22-2)14(19)16-9-11-3-5-18(6-4-11)15(20)21/h7-8,11H,3-6,9H2,1-2H3,(H,16,19)(H,20,21). The normalized spacial score (nSPS) is 15.5. The van der Waals surface area contributed by atoms with E-state index in [1.807, 2.05) is 0 Å². The van der Waals surface area contributed by atoms with Crippen LogP contribution in [0.25, 0.3) is 0 Å². The Morgan fingerprint density at radius 1 is 1.41 bits per heavy atom. The van der Waals surface area contributed by atoms with Crippen LogP contribution >= 0.6 is 0 Å². The van der Waals surface area contributed by atoms with Gasteiger partial charge in [0.15, 0.2) is 0 Å². The number of carbonyl (C=O) groups is 2. The highest BCUT2D eigenvalue weighted by Crippen LogP contribution is 2.17.